The Labute approximate surface area is 135 Å². The van der Waals surface area contributed by atoms with E-state index in [0.29, 0.717) is 30.2 Å². The van der Waals surface area contributed by atoms with E-state index in [1.165, 1.54) is 44.9 Å². The van der Waals surface area contributed by atoms with Crippen LogP contribution in [0, 0.1) is 17.8 Å². The lowest BCUT2D eigenvalue weighted by Gasteiger charge is -2.33. The lowest BCUT2D eigenvalue weighted by Crippen LogP contribution is -2.40. The summed E-state index contributed by atoms with van der Waals surface area (Å²) in [6, 6.07) is 0.675. The highest BCUT2D eigenvalue weighted by atomic mass is 16.1. The fraction of sp³-hybridized carbons (Fsp3) is 0.842. The summed E-state index contributed by atoms with van der Waals surface area (Å²) in [7, 11) is 0. The number of nitrogens with two attached hydrogens (primary N) is 1. The summed E-state index contributed by atoms with van der Waals surface area (Å²) in [5.41, 5.74) is 6.14. The van der Waals surface area contributed by atoms with Crippen LogP contribution in [-0.2, 0) is 4.79 Å². The second-order valence-electron chi connectivity index (χ2n) is 7.57. The highest BCUT2D eigenvalue weighted by molar-refractivity contribution is 5.90. The maximum absolute atomic E-state index is 13.0. The molecule has 0 saturated carbocycles. The quantitative estimate of drug-likeness (QED) is 0.757. The Bertz CT molecular complexity index is 420. The molecule has 2 fully saturated rings. The fourth-order valence-corrected chi connectivity index (χ4v) is 5.06. The molecule has 3 aliphatic rings. The van der Waals surface area contributed by atoms with Gasteiger partial charge in [-0.05, 0) is 57.0 Å². The van der Waals surface area contributed by atoms with Crippen LogP contribution in [0.2, 0.25) is 0 Å². The number of Topliss-reactive ketones (excluding diaryl/α,β-unsaturated/α-hetero) is 1. The maximum atomic E-state index is 13.0. The molecule has 2 aliphatic heterocycles. The second kappa shape index (κ2) is 7.27. The number of fused-ring (bicyclic) bond motifs is 3. The minimum Gasteiger partial charge on any atom is -0.330 e. The van der Waals surface area contributed by atoms with Gasteiger partial charge in [0.2, 0.25) is 0 Å². The van der Waals surface area contributed by atoms with Gasteiger partial charge in [0.05, 0.1) is 6.04 Å². The molecule has 0 aromatic carbocycles. The van der Waals surface area contributed by atoms with Gasteiger partial charge in [0.1, 0.15) is 0 Å². The molecule has 5 unspecified atom stereocenters. The molecule has 0 spiro atoms. The van der Waals surface area contributed by atoms with Crippen molar-refractivity contribution >= 4 is 5.78 Å². The van der Waals surface area contributed by atoms with E-state index in [1.54, 1.807) is 0 Å². The second-order valence-corrected chi connectivity index (χ2v) is 7.57. The maximum Gasteiger partial charge on any atom is 0.154 e. The van der Waals surface area contributed by atoms with Crippen LogP contribution in [0.4, 0.5) is 0 Å². The first-order valence-electron chi connectivity index (χ1n) is 9.40. The Morgan fingerprint density at radius 1 is 1.18 bits per heavy atom. The van der Waals surface area contributed by atoms with Gasteiger partial charge >= 0.3 is 0 Å². The Morgan fingerprint density at radius 2 is 2.00 bits per heavy atom. The lowest BCUT2D eigenvalue weighted by atomic mass is 9.75. The van der Waals surface area contributed by atoms with Crippen molar-refractivity contribution in [3.05, 3.63) is 12.2 Å². The van der Waals surface area contributed by atoms with Crippen LogP contribution in [0.1, 0.15) is 58.3 Å². The van der Waals surface area contributed by atoms with Gasteiger partial charge in [-0.3, -0.25) is 9.69 Å². The topological polar surface area (TPSA) is 46.3 Å². The van der Waals surface area contributed by atoms with Gasteiger partial charge in [-0.2, -0.15) is 0 Å². The Balaban J connectivity index is 1.86. The molecule has 3 heteroatoms. The number of rotatable bonds is 1. The van der Waals surface area contributed by atoms with Gasteiger partial charge in [0.25, 0.3) is 0 Å². The Morgan fingerprint density at radius 3 is 2.82 bits per heavy atom. The number of nitrogens with zero attached hydrogens (tertiary/aromatic N) is 1. The number of carbonyl (C=O) groups excluding carboxylic acids is 1. The van der Waals surface area contributed by atoms with Crippen LogP contribution in [-0.4, -0.2) is 35.9 Å². The molecule has 3 nitrogen and oxygen atoms in total. The zero-order chi connectivity index (χ0) is 15.5. The summed E-state index contributed by atoms with van der Waals surface area (Å²) < 4.78 is 0. The van der Waals surface area contributed by atoms with Crippen molar-refractivity contribution in [2.24, 2.45) is 23.5 Å². The van der Waals surface area contributed by atoms with E-state index >= 15 is 0 Å². The lowest BCUT2D eigenvalue weighted by molar-refractivity contribution is -0.124. The van der Waals surface area contributed by atoms with E-state index in [9.17, 15) is 4.79 Å². The van der Waals surface area contributed by atoms with Gasteiger partial charge in [-0.15, -0.1) is 0 Å². The molecular weight excluding hydrogens is 272 g/mol. The van der Waals surface area contributed by atoms with Crippen LogP contribution in [0.25, 0.3) is 0 Å². The monoisotopic (exact) mass is 304 g/mol. The molecule has 0 aromatic heterocycles. The predicted molar refractivity (Wildman–Crippen MR) is 90.6 cm³/mol. The molecule has 0 bridgehead atoms. The summed E-state index contributed by atoms with van der Waals surface area (Å²) in [5.74, 6) is 1.42. The third-order valence-corrected chi connectivity index (χ3v) is 6.26. The summed E-state index contributed by atoms with van der Waals surface area (Å²) in [6.07, 6.45) is 14.5. The first kappa shape index (κ1) is 16.2. The first-order chi connectivity index (χ1) is 10.7. The minimum atomic E-state index is 0.175. The predicted octanol–water partition coefficient (Wildman–Crippen LogP) is 3.14. The fourth-order valence-electron chi connectivity index (χ4n) is 5.06. The van der Waals surface area contributed by atoms with Gasteiger partial charge in [-0.1, -0.05) is 38.3 Å². The van der Waals surface area contributed by atoms with E-state index in [4.69, 9.17) is 5.73 Å². The minimum absolute atomic E-state index is 0.175. The number of allylic oxidation sites excluding steroid dienone is 2. The van der Waals surface area contributed by atoms with E-state index < -0.39 is 0 Å². The average Bonchev–Trinajstić information content (AvgIpc) is 3.07. The van der Waals surface area contributed by atoms with E-state index in [0.717, 1.165) is 13.0 Å². The molecule has 0 radical (unpaired) electrons. The molecule has 3 rings (SSSR count). The van der Waals surface area contributed by atoms with Crippen LogP contribution < -0.4 is 5.73 Å². The average molecular weight is 304 g/mol. The normalized spacial score (nSPS) is 40.8. The molecule has 5 atom stereocenters. The number of carbonyl (C=O) groups is 1. The Hall–Kier alpha value is -0.670. The third kappa shape index (κ3) is 3.03. The van der Waals surface area contributed by atoms with Crippen molar-refractivity contribution in [2.75, 3.05) is 13.1 Å². The summed E-state index contributed by atoms with van der Waals surface area (Å²) >= 11 is 0. The number of hydrogen-bond acceptors (Lipinski definition) is 3. The standard InChI is InChI=1S/C19H32N2O/c1-14-9-6-4-2-3-5-7-10-16-18(15(14)13-20)19(22)17-11-8-12-21(16)17/h6,9,14-18H,2-5,7-8,10-13,20H2,1H3. The molecular formula is C19H32N2O. The zero-order valence-corrected chi connectivity index (χ0v) is 14.0. The van der Waals surface area contributed by atoms with Gasteiger partial charge in [-0.25, -0.2) is 0 Å². The largest absolute Gasteiger partial charge is 0.330 e. The third-order valence-electron chi connectivity index (χ3n) is 6.26. The molecule has 124 valence electrons. The van der Waals surface area contributed by atoms with E-state index in [2.05, 4.69) is 24.0 Å². The highest BCUT2D eigenvalue weighted by Gasteiger charge is 2.52. The SMILES string of the molecule is CC1C=CCCCCCCC2C(C(=O)C3CCCN32)C1CN. The van der Waals surface area contributed by atoms with Crippen LogP contribution in [0.3, 0.4) is 0 Å². The molecule has 0 amide bonds. The molecule has 2 saturated heterocycles. The van der Waals surface area contributed by atoms with Crippen molar-refractivity contribution < 1.29 is 4.79 Å². The summed E-state index contributed by atoms with van der Waals surface area (Å²) in [5, 5.41) is 0. The highest BCUT2D eigenvalue weighted by Crippen LogP contribution is 2.42. The smallest absolute Gasteiger partial charge is 0.154 e. The summed E-state index contributed by atoms with van der Waals surface area (Å²) in [6.45, 7) is 4.02. The van der Waals surface area contributed by atoms with Crippen LogP contribution in [0.5, 0.6) is 0 Å². The molecule has 2 N–H and O–H groups in total. The molecule has 1 aliphatic carbocycles. The van der Waals surface area contributed by atoms with Gasteiger partial charge in [0.15, 0.2) is 5.78 Å². The van der Waals surface area contributed by atoms with Gasteiger partial charge < -0.3 is 5.73 Å². The van der Waals surface area contributed by atoms with Crippen molar-refractivity contribution in [1.29, 1.82) is 0 Å². The zero-order valence-electron chi connectivity index (χ0n) is 14.0. The van der Waals surface area contributed by atoms with Crippen molar-refractivity contribution in [3.8, 4) is 0 Å². The summed E-state index contributed by atoms with van der Waals surface area (Å²) in [4.78, 5) is 15.6. The van der Waals surface area contributed by atoms with Crippen LogP contribution in [0.15, 0.2) is 12.2 Å². The van der Waals surface area contributed by atoms with Crippen LogP contribution >= 0.6 is 0 Å². The molecule has 2 heterocycles. The number of hydrogen-bond donors (Lipinski definition) is 1. The molecule has 22 heavy (non-hydrogen) atoms. The molecule has 0 aromatic rings. The van der Waals surface area contributed by atoms with E-state index in [-0.39, 0.29) is 12.0 Å². The number of ketones is 1. The van der Waals surface area contributed by atoms with Crippen molar-refractivity contribution in [2.45, 2.75) is 70.4 Å². The first-order valence-corrected chi connectivity index (χ1v) is 9.40. The Kier molecular flexibility index (Phi) is 5.35. The van der Waals surface area contributed by atoms with E-state index in [1.807, 2.05) is 0 Å². The van der Waals surface area contributed by atoms with Crippen molar-refractivity contribution in [3.63, 3.8) is 0 Å². The van der Waals surface area contributed by atoms with Gasteiger partial charge in [0, 0.05) is 12.0 Å². The van der Waals surface area contributed by atoms with Crippen molar-refractivity contribution in [1.82, 2.24) is 4.90 Å².